The molecule has 14 heavy (non-hydrogen) atoms. The van der Waals surface area contributed by atoms with E-state index in [1.54, 1.807) is 0 Å². The lowest BCUT2D eigenvalue weighted by Gasteiger charge is -2.17. The van der Waals surface area contributed by atoms with Crippen LogP contribution in [0.3, 0.4) is 0 Å². The molecule has 0 aliphatic heterocycles. The van der Waals surface area contributed by atoms with Crippen LogP contribution in [0.2, 0.25) is 0 Å². The van der Waals surface area contributed by atoms with Gasteiger partial charge in [0, 0.05) is 9.13 Å². The van der Waals surface area contributed by atoms with Gasteiger partial charge in [0.25, 0.3) is 6.36 Å². The lowest BCUT2D eigenvalue weighted by atomic mass is 10.1. The molecule has 0 saturated heterocycles. The molecule has 1 aromatic rings. The summed E-state index contributed by atoms with van der Waals surface area (Å²) in [5, 5.41) is 8.18. The van der Waals surface area contributed by atoms with E-state index in [1.807, 2.05) is 0 Å². The van der Waals surface area contributed by atoms with Crippen LogP contribution < -0.4 is 0 Å². The second-order valence-electron chi connectivity index (χ2n) is 2.59. The monoisotopic (exact) mass is 320 g/mol. The summed E-state index contributed by atoms with van der Waals surface area (Å²) in [6.45, 7) is 0. The van der Waals surface area contributed by atoms with Gasteiger partial charge in [-0.3, -0.25) is 0 Å². The fourth-order valence-electron chi connectivity index (χ4n) is 0.841. The summed E-state index contributed by atoms with van der Waals surface area (Å²) in [5.74, 6) is -4.67. The molecule has 1 N–H and O–H groups in total. The number of aliphatic hydroxyl groups excluding tert-OH is 1. The standard InChI is InChI=1S/C8H5F4IO/c9-5-2-1-4(3-6(5)13)8(11,12)7(10)14/h1-3,7,14H. The van der Waals surface area contributed by atoms with Crippen molar-refractivity contribution in [1.29, 1.82) is 0 Å². The molecule has 0 spiro atoms. The maximum Gasteiger partial charge on any atom is 0.327 e. The zero-order valence-electron chi connectivity index (χ0n) is 6.65. The van der Waals surface area contributed by atoms with Crippen molar-refractivity contribution in [3.8, 4) is 0 Å². The predicted molar refractivity (Wildman–Crippen MR) is 50.1 cm³/mol. The largest absolute Gasteiger partial charge is 0.359 e. The summed E-state index contributed by atoms with van der Waals surface area (Å²) in [6, 6.07) is 2.33. The van der Waals surface area contributed by atoms with Gasteiger partial charge in [0.2, 0.25) is 0 Å². The number of alkyl halides is 3. The minimum absolute atomic E-state index is 0.0552. The van der Waals surface area contributed by atoms with E-state index < -0.39 is 23.7 Å². The Kier molecular flexibility index (Phi) is 3.36. The van der Waals surface area contributed by atoms with Crippen molar-refractivity contribution >= 4 is 22.6 Å². The van der Waals surface area contributed by atoms with Gasteiger partial charge in [0.1, 0.15) is 5.82 Å². The van der Waals surface area contributed by atoms with Crippen molar-refractivity contribution in [2.24, 2.45) is 0 Å². The van der Waals surface area contributed by atoms with Crippen molar-refractivity contribution in [3.63, 3.8) is 0 Å². The Labute approximate surface area is 90.9 Å². The molecule has 0 aromatic heterocycles. The van der Waals surface area contributed by atoms with Gasteiger partial charge in [-0.25, -0.2) is 8.78 Å². The normalized spacial score (nSPS) is 14.1. The van der Waals surface area contributed by atoms with E-state index in [9.17, 15) is 17.6 Å². The van der Waals surface area contributed by atoms with E-state index in [2.05, 4.69) is 0 Å². The van der Waals surface area contributed by atoms with Gasteiger partial charge >= 0.3 is 5.92 Å². The second kappa shape index (κ2) is 4.01. The second-order valence-corrected chi connectivity index (χ2v) is 3.75. The van der Waals surface area contributed by atoms with Crippen LogP contribution in [-0.2, 0) is 5.92 Å². The Morgan fingerprint density at radius 1 is 1.36 bits per heavy atom. The topological polar surface area (TPSA) is 20.2 Å². The number of aliphatic hydroxyl groups is 1. The third-order valence-electron chi connectivity index (χ3n) is 1.60. The van der Waals surface area contributed by atoms with E-state index >= 15 is 0 Å². The van der Waals surface area contributed by atoms with Crippen molar-refractivity contribution in [2.45, 2.75) is 12.3 Å². The molecule has 6 heteroatoms. The lowest BCUT2D eigenvalue weighted by Crippen LogP contribution is -2.27. The average Bonchev–Trinajstić information content (AvgIpc) is 2.09. The molecule has 1 atom stereocenters. The first kappa shape index (κ1) is 11.7. The quantitative estimate of drug-likeness (QED) is 0.656. The minimum atomic E-state index is -4.01. The van der Waals surface area contributed by atoms with E-state index in [1.165, 1.54) is 22.6 Å². The highest BCUT2D eigenvalue weighted by Crippen LogP contribution is 2.33. The number of hydrogen-bond donors (Lipinski definition) is 1. The van der Waals surface area contributed by atoms with Gasteiger partial charge in [-0.2, -0.15) is 8.78 Å². The Morgan fingerprint density at radius 2 is 1.93 bits per heavy atom. The number of rotatable bonds is 2. The molecular weight excluding hydrogens is 315 g/mol. The molecule has 0 aliphatic rings. The van der Waals surface area contributed by atoms with Crippen molar-refractivity contribution in [2.75, 3.05) is 0 Å². The molecule has 0 aliphatic carbocycles. The van der Waals surface area contributed by atoms with E-state index in [4.69, 9.17) is 5.11 Å². The summed E-state index contributed by atoms with van der Waals surface area (Å²) in [4.78, 5) is 0. The third-order valence-corrected chi connectivity index (χ3v) is 2.43. The highest BCUT2D eigenvalue weighted by molar-refractivity contribution is 14.1. The van der Waals surface area contributed by atoms with E-state index in [0.29, 0.717) is 0 Å². The minimum Gasteiger partial charge on any atom is -0.359 e. The van der Waals surface area contributed by atoms with Crippen molar-refractivity contribution < 1.29 is 22.7 Å². The molecule has 1 nitrogen and oxygen atoms in total. The molecule has 0 heterocycles. The number of hydrogen-bond acceptors (Lipinski definition) is 1. The van der Waals surface area contributed by atoms with Gasteiger partial charge < -0.3 is 5.11 Å². The molecule has 0 amide bonds. The highest BCUT2D eigenvalue weighted by atomic mass is 127. The van der Waals surface area contributed by atoms with Crippen LogP contribution in [0.4, 0.5) is 17.6 Å². The molecule has 0 fully saturated rings. The molecular formula is C8H5F4IO. The van der Waals surface area contributed by atoms with Crippen LogP contribution in [0, 0.1) is 9.39 Å². The molecule has 0 bridgehead atoms. The third kappa shape index (κ3) is 2.17. The van der Waals surface area contributed by atoms with Gasteiger partial charge in [-0.05, 0) is 40.8 Å². The van der Waals surface area contributed by atoms with Crippen molar-refractivity contribution in [3.05, 3.63) is 33.1 Å². The fourth-order valence-corrected chi connectivity index (χ4v) is 1.36. The first-order valence-corrected chi connectivity index (χ1v) is 4.59. The zero-order chi connectivity index (χ0) is 10.9. The highest BCUT2D eigenvalue weighted by Gasteiger charge is 2.41. The fraction of sp³-hybridized carbons (Fsp3) is 0.250. The lowest BCUT2D eigenvalue weighted by molar-refractivity contribution is -0.174. The Bertz CT molecular complexity index is 340. The summed E-state index contributed by atoms with van der Waals surface area (Å²) in [5.41, 5.74) is -0.752. The Morgan fingerprint density at radius 3 is 2.36 bits per heavy atom. The van der Waals surface area contributed by atoms with Gasteiger partial charge in [0.05, 0.1) is 0 Å². The Hall–Kier alpha value is -0.370. The summed E-state index contributed by atoms with van der Waals surface area (Å²) in [6.07, 6.45) is -3.29. The van der Waals surface area contributed by atoms with Gasteiger partial charge in [-0.1, -0.05) is 0 Å². The Balaban J connectivity index is 3.14. The predicted octanol–water partition coefficient (Wildman–Crippen LogP) is 2.81. The maximum absolute atomic E-state index is 12.8. The van der Waals surface area contributed by atoms with Crippen LogP contribution in [-0.4, -0.2) is 11.5 Å². The summed E-state index contributed by atoms with van der Waals surface area (Å²) in [7, 11) is 0. The summed E-state index contributed by atoms with van der Waals surface area (Å²) >= 11 is 1.50. The zero-order valence-corrected chi connectivity index (χ0v) is 8.80. The smallest absolute Gasteiger partial charge is 0.327 e. The maximum atomic E-state index is 12.8. The number of benzene rings is 1. The average molecular weight is 320 g/mol. The number of halogens is 5. The molecule has 0 radical (unpaired) electrons. The molecule has 1 aromatic carbocycles. The summed E-state index contributed by atoms with van der Waals surface area (Å²) < 4.78 is 50.4. The van der Waals surface area contributed by atoms with Crippen LogP contribution >= 0.6 is 22.6 Å². The van der Waals surface area contributed by atoms with Crippen LogP contribution in [0.25, 0.3) is 0 Å². The van der Waals surface area contributed by atoms with Gasteiger partial charge in [-0.15, -0.1) is 0 Å². The molecule has 1 unspecified atom stereocenters. The molecule has 0 saturated carbocycles. The van der Waals surface area contributed by atoms with Crippen LogP contribution in [0.15, 0.2) is 18.2 Å². The van der Waals surface area contributed by atoms with Crippen LogP contribution in [0.1, 0.15) is 5.56 Å². The molecule has 1 rings (SSSR count). The van der Waals surface area contributed by atoms with Crippen molar-refractivity contribution in [1.82, 2.24) is 0 Å². The first-order valence-electron chi connectivity index (χ1n) is 3.51. The van der Waals surface area contributed by atoms with Crippen LogP contribution in [0.5, 0.6) is 0 Å². The first-order chi connectivity index (χ1) is 6.35. The van der Waals surface area contributed by atoms with Gasteiger partial charge in [0.15, 0.2) is 0 Å². The van der Waals surface area contributed by atoms with E-state index in [0.717, 1.165) is 18.2 Å². The van der Waals surface area contributed by atoms with E-state index in [-0.39, 0.29) is 3.57 Å². The molecule has 78 valence electrons. The SMILES string of the molecule is OC(F)C(F)(F)c1ccc(F)c(I)c1.